The highest BCUT2D eigenvalue weighted by atomic mass is 35.5. The van der Waals surface area contributed by atoms with E-state index in [1.165, 1.54) is 24.3 Å². The minimum Gasteiger partial charge on any atom is -0.363 e. The molecule has 1 atom stereocenters. The van der Waals surface area contributed by atoms with Crippen LogP contribution in [-0.4, -0.2) is 19.4 Å². The van der Waals surface area contributed by atoms with Crippen LogP contribution in [-0.2, 0) is 15.7 Å². The van der Waals surface area contributed by atoms with E-state index < -0.39 is 27.5 Å². The monoisotopic (exact) mass is 530 g/mol. The third-order valence-corrected chi connectivity index (χ3v) is 7.83. The van der Waals surface area contributed by atoms with E-state index in [2.05, 4.69) is 10.0 Å². The molecule has 1 aliphatic rings. The summed E-state index contributed by atoms with van der Waals surface area (Å²) in [6.45, 7) is 1.82. The Bertz CT molecular complexity index is 1640. The number of carbonyl (C=O) groups excluding carboxylic acids is 1. The molecule has 1 heterocycles. The largest absolute Gasteiger partial charge is 0.363 e. The molecule has 10 heteroatoms. The summed E-state index contributed by atoms with van der Waals surface area (Å²) in [7, 11) is -4.14. The maximum absolute atomic E-state index is 14.2. The predicted molar refractivity (Wildman–Crippen MR) is 133 cm³/mol. The number of nitrogens with one attached hydrogen (secondary N) is 2. The number of halogens is 3. The summed E-state index contributed by atoms with van der Waals surface area (Å²) in [4.78, 5) is 13.1. The first-order valence-electron chi connectivity index (χ1n) is 10.4. The van der Waals surface area contributed by atoms with E-state index >= 15 is 0 Å². The van der Waals surface area contributed by atoms with Crippen molar-refractivity contribution in [2.45, 2.75) is 17.5 Å². The Morgan fingerprint density at radius 1 is 1.00 bits per heavy atom. The molecule has 5 rings (SSSR count). The van der Waals surface area contributed by atoms with Crippen molar-refractivity contribution >= 4 is 55.6 Å². The summed E-state index contributed by atoms with van der Waals surface area (Å²) in [6, 6.07) is 15.7. The number of hydrogen-bond acceptors (Lipinski definition) is 4. The number of aryl methyl sites for hydroxylation is 1. The third kappa shape index (κ3) is 3.92. The summed E-state index contributed by atoms with van der Waals surface area (Å²) in [5, 5.41) is 15.4. The van der Waals surface area contributed by atoms with Gasteiger partial charge in [0.05, 0.1) is 16.1 Å². The standard InChI is InChI=1S/C25H17Cl2FN2O4S/c1-13-2-6-17(7-3-13)35(33,34)30-21-11-14-10-15(26)4-8-18(14)22-23(21)25(32,29-24(22)31)19-12-16(28)5-9-20(19)27/h2-12,30,32H,1H3,(H,29,31). The summed E-state index contributed by atoms with van der Waals surface area (Å²) in [6.07, 6.45) is 0. The van der Waals surface area contributed by atoms with Crippen LogP contribution in [0.25, 0.3) is 10.8 Å². The van der Waals surface area contributed by atoms with Gasteiger partial charge in [-0.25, -0.2) is 12.8 Å². The summed E-state index contributed by atoms with van der Waals surface area (Å²) < 4.78 is 43.2. The van der Waals surface area contributed by atoms with Crippen molar-refractivity contribution in [3.05, 3.63) is 105 Å². The smallest absolute Gasteiger partial charge is 0.261 e. The van der Waals surface area contributed by atoms with Crippen LogP contribution < -0.4 is 10.0 Å². The van der Waals surface area contributed by atoms with Crippen molar-refractivity contribution in [3.63, 3.8) is 0 Å². The molecule has 4 aromatic carbocycles. The second kappa shape index (κ2) is 8.20. The Morgan fingerprint density at radius 3 is 2.43 bits per heavy atom. The van der Waals surface area contributed by atoms with Gasteiger partial charge in [-0.3, -0.25) is 9.52 Å². The Morgan fingerprint density at radius 2 is 1.71 bits per heavy atom. The Labute approximate surface area is 210 Å². The second-order valence-corrected chi connectivity index (χ2v) is 10.8. The average Bonchev–Trinajstić information content (AvgIpc) is 3.07. The highest BCUT2D eigenvalue weighted by Gasteiger charge is 2.47. The zero-order valence-electron chi connectivity index (χ0n) is 18.1. The van der Waals surface area contributed by atoms with Crippen LogP contribution in [0.4, 0.5) is 10.1 Å². The third-order valence-electron chi connectivity index (χ3n) is 5.88. The number of rotatable bonds is 4. The van der Waals surface area contributed by atoms with Gasteiger partial charge in [-0.05, 0) is 66.2 Å². The Kier molecular flexibility index (Phi) is 5.52. The molecule has 0 fully saturated rings. The predicted octanol–water partition coefficient (Wildman–Crippen LogP) is 5.33. The molecule has 4 aromatic rings. The summed E-state index contributed by atoms with van der Waals surface area (Å²) in [5.41, 5.74) is -1.75. The van der Waals surface area contributed by atoms with Crippen molar-refractivity contribution < 1.29 is 22.7 Å². The molecule has 0 aliphatic carbocycles. The average molecular weight is 531 g/mol. The summed E-state index contributed by atoms with van der Waals surface area (Å²) in [5.74, 6) is -1.39. The van der Waals surface area contributed by atoms with E-state index in [1.54, 1.807) is 30.3 Å². The molecule has 35 heavy (non-hydrogen) atoms. The molecule has 1 unspecified atom stereocenters. The van der Waals surface area contributed by atoms with E-state index in [1.807, 2.05) is 6.92 Å². The molecular weight excluding hydrogens is 514 g/mol. The number of carbonyl (C=O) groups is 1. The first kappa shape index (κ1) is 23.6. The molecule has 0 aromatic heterocycles. The fourth-order valence-corrected chi connectivity index (χ4v) is 5.75. The minimum absolute atomic E-state index is 0.0172. The molecule has 0 saturated carbocycles. The van der Waals surface area contributed by atoms with Crippen LogP contribution in [0.5, 0.6) is 0 Å². The maximum Gasteiger partial charge on any atom is 0.261 e. The van der Waals surface area contributed by atoms with Crippen molar-refractivity contribution in [1.29, 1.82) is 0 Å². The van der Waals surface area contributed by atoms with Crippen LogP contribution in [0, 0.1) is 12.7 Å². The van der Waals surface area contributed by atoms with Gasteiger partial charge in [-0.15, -0.1) is 0 Å². The van der Waals surface area contributed by atoms with Crippen LogP contribution in [0.15, 0.2) is 71.6 Å². The van der Waals surface area contributed by atoms with Crippen LogP contribution in [0.2, 0.25) is 10.0 Å². The lowest BCUT2D eigenvalue weighted by atomic mass is 9.90. The molecule has 0 radical (unpaired) electrons. The molecule has 1 amide bonds. The van der Waals surface area contributed by atoms with Crippen LogP contribution >= 0.6 is 23.2 Å². The molecular formula is C25H17Cl2FN2O4S. The van der Waals surface area contributed by atoms with Crippen molar-refractivity contribution in [1.82, 2.24) is 5.32 Å². The number of amides is 1. The van der Waals surface area contributed by atoms with Gasteiger partial charge in [-0.2, -0.15) is 0 Å². The second-order valence-electron chi connectivity index (χ2n) is 8.25. The van der Waals surface area contributed by atoms with E-state index in [0.29, 0.717) is 15.8 Å². The van der Waals surface area contributed by atoms with E-state index in [9.17, 15) is 22.7 Å². The molecule has 6 nitrogen and oxygen atoms in total. The highest BCUT2D eigenvalue weighted by molar-refractivity contribution is 7.92. The molecule has 1 aliphatic heterocycles. The molecule has 0 bridgehead atoms. The number of fused-ring (bicyclic) bond motifs is 3. The Balaban J connectivity index is 1.80. The van der Waals surface area contributed by atoms with Crippen molar-refractivity contribution in [2.75, 3.05) is 4.72 Å². The molecule has 0 spiro atoms. The van der Waals surface area contributed by atoms with E-state index in [-0.39, 0.29) is 32.3 Å². The van der Waals surface area contributed by atoms with Gasteiger partial charge in [0.15, 0.2) is 5.72 Å². The van der Waals surface area contributed by atoms with Gasteiger partial charge in [0.25, 0.3) is 15.9 Å². The molecule has 178 valence electrons. The number of hydrogen-bond donors (Lipinski definition) is 3. The number of anilines is 1. The van der Waals surface area contributed by atoms with Crippen molar-refractivity contribution in [2.24, 2.45) is 0 Å². The fourth-order valence-electron chi connectivity index (χ4n) is 4.26. The molecule has 3 N–H and O–H groups in total. The van der Waals surface area contributed by atoms with Gasteiger partial charge in [0.2, 0.25) is 0 Å². The minimum atomic E-state index is -4.14. The van der Waals surface area contributed by atoms with Crippen molar-refractivity contribution in [3.8, 4) is 0 Å². The fraction of sp³-hybridized carbons (Fsp3) is 0.0800. The zero-order valence-corrected chi connectivity index (χ0v) is 20.4. The number of aliphatic hydroxyl groups is 1. The lowest BCUT2D eigenvalue weighted by molar-refractivity contribution is 0.0479. The van der Waals surface area contributed by atoms with Crippen LogP contribution in [0.3, 0.4) is 0 Å². The zero-order chi connectivity index (χ0) is 25.1. The lowest BCUT2D eigenvalue weighted by Gasteiger charge is -2.28. The first-order chi connectivity index (χ1) is 16.5. The quantitative estimate of drug-likeness (QED) is 0.332. The van der Waals surface area contributed by atoms with E-state index in [0.717, 1.165) is 17.7 Å². The van der Waals surface area contributed by atoms with Gasteiger partial charge in [0, 0.05) is 21.2 Å². The maximum atomic E-state index is 14.2. The van der Waals surface area contributed by atoms with Gasteiger partial charge in [0.1, 0.15) is 5.82 Å². The lowest BCUT2D eigenvalue weighted by Crippen LogP contribution is -2.41. The topological polar surface area (TPSA) is 95.5 Å². The van der Waals surface area contributed by atoms with E-state index in [4.69, 9.17) is 23.2 Å². The van der Waals surface area contributed by atoms with Gasteiger partial charge >= 0.3 is 0 Å². The Hall–Kier alpha value is -3.17. The SMILES string of the molecule is Cc1ccc(S(=O)(=O)Nc2cc3cc(Cl)ccc3c3c2C(O)(c2cc(F)ccc2Cl)NC3=O)cc1. The first-order valence-corrected chi connectivity index (χ1v) is 12.6. The summed E-state index contributed by atoms with van der Waals surface area (Å²) >= 11 is 12.4. The molecule has 0 saturated heterocycles. The number of benzene rings is 4. The highest BCUT2D eigenvalue weighted by Crippen LogP contribution is 2.46. The number of sulfonamides is 1. The van der Waals surface area contributed by atoms with Gasteiger partial charge in [-0.1, -0.05) is 47.0 Å². The normalized spacial score (nSPS) is 17.3. The van der Waals surface area contributed by atoms with Gasteiger partial charge < -0.3 is 10.4 Å². The van der Waals surface area contributed by atoms with Crippen LogP contribution in [0.1, 0.15) is 27.0 Å².